The highest BCUT2D eigenvalue weighted by molar-refractivity contribution is 5.86. The number of urea groups is 1. The second kappa shape index (κ2) is 7.71. The van der Waals surface area contributed by atoms with Gasteiger partial charge in [0.2, 0.25) is 0 Å². The number of nitrogens with one attached hydrogen (secondary N) is 2. The van der Waals surface area contributed by atoms with Crippen molar-refractivity contribution in [2.45, 2.75) is 26.2 Å². The number of likely N-dealkylation sites (tertiary alicyclic amines) is 1. The van der Waals surface area contributed by atoms with Crippen LogP contribution in [0.5, 0.6) is 0 Å². The van der Waals surface area contributed by atoms with E-state index >= 15 is 0 Å². The molecule has 130 valence electrons. The quantitative estimate of drug-likeness (QED) is 0.885. The lowest BCUT2D eigenvalue weighted by Gasteiger charge is -2.32. The fraction of sp³-hybridized carbons (Fsp3) is 0.526. The van der Waals surface area contributed by atoms with Gasteiger partial charge in [-0.1, -0.05) is 18.2 Å². The van der Waals surface area contributed by atoms with E-state index in [1.165, 1.54) is 22.0 Å². The van der Waals surface area contributed by atoms with Gasteiger partial charge >= 0.3 is 6.03 Å². The SMILES string of the molecule is COC[C@H]1CCCN(C(=O)NCCc2c[nH]c3c(C)cccc23)C1. The summed E-state index contributed by atoms with van der Waals surface area (Å²) in [4.78, 5) is 17.6. The minimum absolute atomic E-state index is 0.0480. The van der Waals surface area contributed by atoms with Gasteiger partial charge in [0.15, 0.2) is 0 Å². The first-order valence-corrected chi connectivity index (χ1v) is 8.76. The van der Waals surface area contributed by atoms with Crippen LogP contribution in [0.25, 0.3) is 10.9 Å². The number of hydrogen-bond acceptors (Lipinski definition) is 2. The first-order chi connectivity index (χ1) is 11.7. The van der Waals surface area contributed by atoms with Gasteiger partial charge in [0.1, 0.15) is 0 Å². The molecule has 5 heteroatoms. The standard InChI is InChI=1S/C19H27N3O2/c1-14-5-3-7-17-16(11-21-18(14)17)8-9-20-19(23)22-10-4-6-15(12-22)13-24-2/h3,5,7,11,15,21H,4,6,8-10,12-13H2,1-2H3,(H,20,23)/t15-/m0/s1. The summed E-state index contributed by atoms with van der Waals surface area (Å²) in [6.07, 6.45) is 5.10. The van der Waals surface area contributed by atoms with Crippen LogP contribution < -0.4 is 5.32 Å². The molecule has 1 aromatic carbocycles. The van der Waals surface area contributed by atoms with Crippen molar-refractivity contribution >= 4 is 16.9 Å². The minimum atomic E-state index is 0.0480. The average Bonchev–Trinajstić information content (AvgIpc) is 3.00. The molecular formula is C19H27N3O2. The average molecular weight is 329 g/mol. The van der Waals surface area contributed by atoms with Crippen molar-refractivity contribution in [3.8, 4) is 0 Å². The van der Waals surface area contributed by atoms with Gasteiger partial charge in [0.05, 0.1) is 6.61 Å². The zero-order valence-electron chi connectivity index (χ0n) is 14.6. The summed E-state index contributed by atoms with van der Waals surface area (Å²) in [5, 5.41) is 4.32. The molecule has 1 aliphatic rings. The Labute approximate surface area is 143 Å². The molecular weight excluding hydrogens is 302 g/mol. The number of rotatable bonds is 5. The number of para-hydroxylation sites is 1. The van der Waals surface area contributed by atoms with Gasteiger partial charge in [0.25, 0.3) is 0 Å². The monoisotopic (exact) mass is 329 g/mol. The summed E-state index contributed by atoms with van der Waals surface area (Å²) in [6, 6.07) is 6.37. The molecule has 1 aliphatic heterocycles. The maximum atomic E-state index is 12.4. The molecule has 1 fully saturated rings. The van der Waals surface area contributed by atoms with Gasteiger partial charge in [-0.05, 0) is 37.3 Å². The van der Waals surface area contributed by atoms with Crippen molar-refractivity contribution in [2.75, 3.05) is 33.4 Å². The number of amides is 2. The Hall–Kier alpha value is -2.01. The second-order valence-electron chi connectivity index (χ2n) is 6.70. The number of aromatic amines is 1. The molecule has 2 heterocycles. The summed E-state index contributed by atoms with van der Waals surface area (Å²) in [6.45, 7) is 5.14. The third-order valence-corrected chi connectivity index (χ3v) is 4.89. The zero-order valence-corrected chi connectivity index (χ0v) is 14.6. The molecule has 0 unspecified atom stereocenters. The number of piperidine rings is 1. The van der Waals surface area contributed by atoms with Crippen molar-refractivity contribution in [3.63, 3.8) is 0 Å². The number of nitrogens with zero attached hydrogens (tertiary/aromatic N) is 1. The maximum Gasteiger partial charge on any atom is 0.317 e. The zero-order chi connectivity index (χ0) is 16.9. The molecule has 2 amide bonds. The second-order valence-corrected chi connectivity index (χ2v) is 6.70. The van der Waals surface area contributed by atoms with Crippen LogP contribution in [0.2, 0.25) is 0 Å². The van der Waals surface area contributed by atoms with Crippen molar-refractivity contribution in [3.05, 3.63) is 35.5 Å². The number of aryl methyl sites for hydroxylation is 1. The molecule has 0 radical (unpaired) electrons. The van der Waals surface area contributed by atoms with E-state index in [0.29, 0.717) is 12.5 Å². The number of carbonyl (C=O) groups is 1. The Morgan fingerprint density at radius 1 is 1.46 bits per heavy atom. The summed E-state index contributed by atoms with van der Waals surface area (Å²) in [5.74, 6) is 0.464. The number of hydrogen-bond donors (Lipinski definition) is 2. The smallest absolute Gasteiger partial charge is 0.317 e. The molecule has 1 saturated heterocycles. The molecule has 0 bridgehead atoms. The number of H-pyrrole nitrogens is 1. The third kappa shape index (κ3) is 3.73. The molecule has 0 saturated carbocycles. The Bertz CT molecular complexity index is 693. The van der Waals surface area contributed by atoms with Gasteiger partial charge in [-0.15, -0.1) is 0 Å². The number of methoxy groups -OCH3 is 1. The number of benzene rings is 1. The maximum absolute atomic E-state index is 12.4. The molecule has 2 aromatic rings. The fourth-order valence-corrected chi connectivity index (χ4v) is 3.61. The van der Waals surface area contributed by atoms with Gasteiger partial charge in [-0.2, -0.15) is 0 Å². The summed E-state index contributed by atoms with van der Waals surface area (Å²) >= 11 is 0. The van der Waals surface area contributed by atoms with Crippen LogP contribution in [0.4, 0.5) is 4.79 Å². The molecule has 1 aromatic heterocycles. The van der Waals surface area contributed by atoms with Crippen LogP contribution in [0.3, 0.4) is 0 Å². The van der Waals surface area contributed by atoms with Gasteiger partial charge < -0.3 is 19.9 Å². The molecule has 1 atom stereocenters. The van der Waals surface area contributed by atoms with E-state index in [1.54, 1.807) is 7.11 Å². The predicted molar refractivity (Wildman–Crippen MR) is 96.3 cm³/mol. The van der Waals surface area contributed by atoms with Crippen molar-refractivity contribution in [1.29, 1.82) is 0 Å². The normalized spacial score (nSPS) is 18.1. The minimum Gasteiger partial charge on any atom is -0.384 e. The van der Waals surface area contributed by atoms with Crippen LogP contribution in [-0.2, 0) is 11.2 Å². The number of aromatic nitrogens is 1. The van der Waals surface area contributed by atoms with E-state index in [2.05, 4.69) is 41.6 Å². The van der Waals surface area contributed by atoms with Crippen LogP contribution in [-0.4, -0.2) is 49.3 Å². The highest BCUT2D eigenvalue weighted by Gasteiger charge is 2.23. The largest absolute Gasteiger partial charge is 0.384 e. The molecule has 0 spiro atoms. The van der Waals surface area contributed by atoms with Crippen molar-refractivity contribution in [1.82, 2.24) is 15.2 Å². The highest BCUT2D eigenvalue weighted by atomic mass is 16.5. The van der Waals surface area contributed by atoms with Crippen LogP contribution in [0, 0.1) is 12.8 Å². The Kier molecular flexibility index (Phi) is 5.41. The predicted octanol–water partition coefficient (Wildman–Crippen LogP) is 3.09. The Balaban J connectivity index is 1.52. The fourth-order valence-electron chi connectivity index (χ4n) is 3.61. The van der Waals surface area contributed by atoms with Gasteiger partial charge in [0, 0.05) is 49.8 Å². The summed E-state index contributed by atoms with van der Waals surface area (Å²) in [5.41, 5.74) is 3.70. The topological polar surface area (TPSA) is 57.4 Å². The lowest BCUT2D eigenvalue weighted by molar-refractivity contribution is 0.100. The summed E-state index contributed by atoms with van der Waals surface area (Å²) in [7, 11) is 1.72. The van der Waals surface area contributed by atoms with Gasteiger partial charge in [-0.3, -0.25) is 0 Å². The third-order valence-electron chi connectivity index (χ3n) is 4.89. The number of ether oxygens (including phenoxy) is 1. The van der Waals surface area contributed by atoms with E-state index in [9.17, 15) is 4.79 Å². The highest BCUT2D eigenvalue weighted by Crippen LogP contribution is 2.21. The van der Waals surface area contributed by atoms with Crippen LogP contribution in [0.1, 0.15) is 24.0 Å². The molecule has 2 N–H and O–H groups in total. The van der Waals surface area contributed by atoms with E-state index < -0.39 is 0 Å². The van der Waals surface area contributed by atoms with Crippen LogP contribution >= 0.6 is 0 Å². The number of fused-ring (bicyclic) bond motifs is 1. The first kappa shape index (κ1) is 16.8. The van der Waals surface area contributed by atoms with E-state index in [1.807, 2.05) is 4.90 Å². The first-order valence-electron chi connectivity index (χ1n) is 8.76. The Morgan fingerprint density at radius 3 is 3.17 bits per heavy atom. The van der Waals surface area contributed by atoms with E-state index in [4.69, 9.17) is 4.74 Å². The molecule has 5 nitrogen and oxygen atoms in total. The molecule has 0 aliphatic carbocycles. The van der Waals surface area contributed by atoms with E-state index in [-0.39, 0.29) is 6.03 Å². The van der Waals surface area contributed by atoms with E-state index in [0.717, 1.165) is 39.0 Å². The number of carbonyl (C=O) groups excluding carboxylic acids is 1. The Morgan fingerprint density at radius 2 is 2.33 bits per heavy atom. The van der Waals surface area contributed by atoms with Crippen LogP contribution in [0.15, 0.2) is 24.4 Å². The van der Waals surface area contributed by atoms with Crippen molar-refractivity contribution < 1.29 is 9.53 Å². The lowest BCUT2D eigenvalue weighted by Crippen LogP contribution is -2.46. The van der Waals surface area contributed by atoms with Gasteiger partial charge in [-0.25, -0.2) is 4.79 Å². The molecule has 3 rings (SSSR count). The lowest BCUT2D eigenvalue weighted by atomic mass is 9.99. The summed E-state index contributed by atoms with van der Waals surface area (Å²) < 4.78 is 5.23. The van der Waals surface area contributed by atoms with Crippen molar-refractivity contribution in [2.24, 2.45) is 5.92 Å². The molecule has 24 heavy (non-hydrogen) atoms.